The van der Waals surface area contributed by atoms with Crippen LogP contribution in [0.15, 0.2) is 12.1 Å². The molecule has 0 atom stereocenters. The van der Waals surface area contributed by atoms with Gasteiger partial charge in [0.05, 0.1) is 0 Å². The highest BCUT2D eigenvalue weighted by molar-refractivity contribution is 6.17. The monoisotopic (exact) mass is 202 g/mol. The predicted molar refractivity (Wildman–Crippen MR) is 55.0 cm³/mol. The number of rotatable bonds is 2. The van der Waals surface area contributed by atoms with Gasteiger partial charge >= 0.3 is 0 Å². The maximum atomic E-state index is 5.80. The van der Waals surface area contributed by atoms with Crippen LogP contribution >= 0.6 is 23.2 Å². The summed E-state index contributed by atoms with van der Waals surface area (Å²) in [6, 6.07) is 4.19. The van der Waals surface area contributed by atoms with Crippen LogP contribution in [-0.2, 0) is 11.8 Å². The molecule has 2 heteroatoms. The molecule has 0 spiro atoms. The number of hydrogen-bond donors (Lipinski definition) is 0. The molecule has 0 saturated carbocycles. The Hall–Kier alpha value is -0.200. The van der Waals surface area contributed by atoms with Gasteiger partial charge in [-0.05, 0) is 36.1 Å². The van der Waals surface area contributed by atoms with E-state index in [-0.39, 0.29) is 0 Å². The van der Waals surface area contributed by atoms with Crippen molar-refractivity contribution >= 4 is 23.2 Å². The van der Waals surface area contributed by atoms with Crippen LogP contribution in [0.5, 0.6) is 0 Å². The third kappa shape index (κ3) is 1.94. The summed E-state index contributed by atoms with van der Waals surface area (Å²) in [5, 5.41) is 0. The number of benzene rings is 1. The van der Waals surface area contributed by atoms with E-state index in [1.165, 1.54) is 22.3 Å². The van der Waals surface area contributed by atoms with Gasteiger partial charge in [-0.3, -0.25) is 0 Å². The largest absolute Gasteiger partial charge is 0.122 e. The van der Waals surface area contributed by atoms with Gasteiger partial charge in [-0.25, -0.2) is 0 Å². The minimum Gasteiger partial charge on any atom is -0.122 e. The quantitative estimate of drug-likeness (QED) is 0.641. The van der Waals surface area contributed by atoms with E-state index in [1.54, 1.807) is 0 Å². The zero-order valence-electron chi connectivity index (χ0n) is 7.32. The molecule has 0 fully saturated rings. The van der Waals surface area contributed by atoms with Crippen molar-refractivity contribution in [3.05, 3.63) is 34.4 Å². The molecular weight excluding hydrogens is 191 g/mol. The second kappa shape index (κ2) is 4.15. The Balaban J connectivity index is 3.18. The van der Waals surface area contributed by atoms with E-state index < -0.39 is 0 Å². The highest BCUT2D eigenvalue weighted by Gasteiger charge is 2.02. The third-order valence-electron chi connectivity index (χ3n) is 2.04. The lowest BCUT2D eigenvalue weighted by atomic mass is 10.0. The van der Waals surface area contributed by atoms with E-state index in [2.05, 4.69) is 26.0 Å². The van der Waals surface area contributed by atoms with Gasteiger partial charge in [-0.15, -0.1) is 23.2 Å². The van der Waals surface area contributed by atoms with Crippen LogP contribution in [0.25, 0.3) is 0 Å². The zero-order chi connectivity index (χ0) is 9.14. The summed E-state index contributed by atoms with van der Waals surface area (Å²) in [6.07, 6.45) is 0. The lowest BCUT2D eigenvalue weighted by Gasteiger charge is -2.08. The first-order valence-corrected chi connectivity index (χ1v) is 4.97. The summed E-state index contributed by atoms with van der Waals surface area (Å²) in [5.74, 6) is 1.16. The fourth-order valence-electron chi connectivity index (χ4n) is 1.37. The smallest absolute Gasteiger partial charge is 0.0479 e. The lowest BCUT2D eigenvalue weighted by molar-refractivity contribution is 1.20. The van der Waals surface area contributed by atoms with Crippen LogP contribution in [-0.4, -0.2) is 0 Å². The lowest BCUT2D eigenvalue weighted by Crippen LogP contribution is -1.92. The van der Waals surface area contributed by atoms with Crippen LogP contribution in [0.1, 0.15) is 22.3 Å². The van der Waals surface area contributed by atoms with Crippen molar-refractivity contribution in [2.45, 2.75) is 25.6 Å². The van der Waals surface area contributed by atoms with Gasteiger partial charge in [-0.2, -0.15) is 0 Å². The molecule has 1 aromatic carbocycles. The number of aryl methyl sites for hydroxylation is 2. The molecule has 1 aromatic rings. The Morgan fingerprint density at radius 3 is 1.83 bits per heavy atom. The molecule has 0 aromatic heterocycles. The molecule has 1 rings (SSSR count). The van der Waals surface area contributed by atoms with Crippen LogP contribution in [0.4, 0.5) is 0 Å². The summed E-state index contributed by atoms with van der Waals surface area (Å²) in [7, 11) is 0. The van der Waals surface area contributed by atoms with Crippen molar-refractivity contribution < 1.29 is 0 Å². The van der Waals surface area contributed by atoms with Gasteiger partial charge in [0.2, 0.25) is 0 Å². The second-order valence-corrected chi connectivity index (χ2v) is 3.51. The number of alkyl halides is 2. The highest BCUT2D eigenvalue weighted by Crippen LogP contribution is 2.19. The fraction of sp³-hybridized carbons (Fsp3) is 0.400. The Bertz CT molecular complexity index is 256. The molecule has 0 amide bonds. The van der Waals surface area contributed by atoms with E-state index in [4.69, 9.17) is 23.2 Å². The van der Waals surface area contributed by atoms with E-state index in [0.717, 1.165) is 0 Å². The number of halogens is 2. The Kier molecular flexibility index (Phi) is 3.42. The minimum atomic E-state index is 0.574. The molecule has 0 aliphatic heterocycles. The summed E-state index contributed by atoms with van der Waals surface area (Å²) in [4.78, 5) is 0. The van der Waals surface area contributed by atoms with Gasteiger partial charge < -0.3 is 0 Å². The van der Waals surface area contributed by atoms with Gasteiger partial charge in [0.1, 0.15) is 0 Å². The summed E-state index contributed by atoms with van der Waals surface area (Å²) in [5.41, 5.74) is 4.87. The van der Waals surface area contributed by atoms with Gasteiger partial charge in [-0.1, -0.05) is 12.1 Å². The molecule has 0 bridgehead atoms. The van der Waals surface area contributed by atoms with Crippen LogP contribution < -0.4 is 0 Å². The van der Waals surface area contributed by atoms with E-state index in [1.807, 2.05) is 0 Å². The first-order chi connectivity index (χ1) is 5.69. The minimum absolute atomic E-state index is 0.574. The summed E-state index contributed by atoms with van der Waals surface area (Å²) in [6.45, 7) is 4.14. The standard InChI is InChI=1S/C10H12Cl2/c1-7-3-9(5-11)4-8(2)10(7)6-12/h3-4H,5-6H2,1-2H3. The molecule has 0 radical (unpaired) electrons. The molecule has 0 aliphatic carbocycles. The molecule has 12 heavy (non-hydrogen) atoms. The predicted octanol–water partition coefficient (Wildman–Crippen LogP) is 3.78. The van der Waals surface area contributed by atoms with Crippen molar-refractivity contribution in [1.82, 2.24) is 0 Å². The summed E-state index contributed by atoms with van der Waals surface area (Å²) >= 11 is 11.5. The maximum absolute atomic E-state index is 5.80. The molecule has 0 N–H and O–H groups in total. The SMILES string of the molecule is Cc1cc(CCl)cc(C)c1CCl. The van der Waals surface area contributed by atoms with E-state index in [0.29, 0.717) is 11.8 Å². The van der Waals surface area contributed by atoms with Gasteiger partial charge in [0, 0.05) is 11.8 Å². The zero-order valence-corrected chi connectivity index (χ0v) is 8.84. The second-order valence-electron chi connectivity index (χ2n) is 2.98. The molecular formula is C10H12Cl2. The van der Waals surface area contributed by atoms with E-state index >= 15 is 0 Å². The highest BCUT2D eigenvalue weighted by atomic mass is 35.5. The summed E-state index contributed by atoms with van der Waals surface area (Å²) < 4.78 is 0. The molecule has 0 saturated heterocycles. The Morgan fingerprint density at radius 1 is 1.00 bits per heavy atom. The van der Waals surface area contributed by atoms with Crippen molar-refractivity contribution in [3.63, 3.8) is 0 Å². The average Bonchev–Trinajstić information content (AvgIpc) is 2.03. The van der Waals surface area contributed by atoms with Crippen LogP contribution in [0.3, 0.4) is 0 Å². The first-order valence-electron chi connectivity index (χ1n) is 3.90. The first kappa shape index (κ1) is 9.88. The topological polar surface area (TPSA) is 0 Å². The van der Waals surface area contributed by atoms with Gasteiger partial charge in [0.15, 0.2) is 0 Å². The number of hydrogen-bond acceptors (Lipinski definition) is 0. The fourth-order valence-corrected chi connectivity index (χ4v) is 1.95. The molecule has 66 valence electrons. The van der Waals surface area contributed by atoms with Crippen molar-refractivity contribution in [1.29, 1.82) is 0 Å². The third-order valence-corrected chi connectivity index (χ3v) is 2.62. The Labute approximate surface area is 83.5 Å². The normalized spacial score (nSPS) is 10.3. The molecule has 0 unspecified atom stereocenters. The van der Waals surface area contributed by atoms with Gasteiger partial charge in [0.25, 0.3) is 0 Å². The van der Waals surface area contributed by atoms with Crippen molar-refractivity contribution in [2.75, 3.05) is 0 Å². The van der Waals surface area contributed by atoms with Crippen LogP contribution in [0.2, 0.25) is 0 Å². The van der Waals surface area contributed by atoms with Crippen molar-refractivity contribution in [3.8, 4) is 0 Å². The Morgan fingerprint density at radius 2 is 1.50 bits per heavy atom. The molecule has 0 nitrogen and oxygen atoms in total. The van der Waals surface area contributed by atoms with Crippen LogP contribution in [0, 0.1) is 13.8 Å². The molecule has 0 heterocycles. The van der Waals surface area contributed by atoms with E-state index in [9.17, 15) is 0 Å². The molecule has 0 aliphatic rings. The maximum Gasteiger partial charge on any atom is 0.0479 e. The average molecular weight is 203 g/mol. The van der Waals surface area contributed by atoms with Crippen molar-refractivity contribution in [2.24, 2.45) is 0 Å².